The molecule has 1 fully saturated rings. The zero-order chi connectivity index (χ0) is 12.1. The first kappa shape index (κ1) is 13.5. The van der Waals surface area contributed by atoms with Gasteiger partial charge in [0.2, 0.25) is 5.91 Å². The van der Waals surface area contributed by atoms with Crippen LogP contribution in [-0.4, -0.2) is 46.5 Å². The molecule has 1 amide bonds. The molecule has 5 nitrogen and oxygen atoms in total. The predicted octanol–water partition coefficient (Wildman–Crippen LogP) is -0.493. The topological polar surface area (TPSA) is 86.8 Å². The molecule has 0 spiro atoms. The number of hydrogen-bond acceptors (Lipinski definition) is 4. The van der Waals surface area contributed by atoms with E-state index in [1.807, 2.05) is 6.92 Å². The Bertz CT molecular complexity index is 238. The van der Waals surface area contributed by atoms with Gasteiger partial charge in [-0.2, -0.15) is 0 Å². The summed E-state index contributed by atoms with van der Waals surface area (Å²) in [5.41, 5.74) is 5.79. The second kappa shape index (κ2) is 6.22. The van der Waals surface area contributed by atoms with Crippen molar-refractivity contribution in [2.24, 2.45) is 5.73 Å². The molecule has 0 saturated carbocycles. The second-order valence-corrected chi connectivity index (χ2v) is 4.40. The number of unbranched alkanes of at least 4 members (excludes halogenated alkanes) is 1. The SMILES string of the molecule is CCCCC(N)C(=O)N1CCCC1B(O)O. The Hall–Kier alpha value is -0.585. The van der Waals surface area contributed by atoms with Gasteiger partial charge >= 0.3 is 7.12 Å². The Morgan fingerprint density at radius 2 is 2.31 bits per heavy atom. The zero-order valence-electron chi connectivity index (χ0n) is 9.80. The Balaban J connectivity index is 2.51. The van der Waals surface area contributed by atoms with Crippen LogP contribution in [0.2, 0.25) is 0 Å². The fourth-order valence-electron chi connectivity index (χ4n) is 2.14. The minimum Gasteiger partial charge on any atom is -0.426 e. The summed E-state index contributed by atoms with van der Waals surface area (Å²) < 4.78 is 0. The molecular formula is C10H21BN2O3. The molecule has 0 aromatic rings. The van der Waals surface area contributed by atoms with Crippen LogP contribution < -0.4 is 5.73 Å². The Morgan fingerprint density at radius 1 is 1.62 bits per heavy atom. The van der Waals surface area contributed by atoms with Gasteiger partial charge in [0.25, 0.3) is 0 Å². The highest BCUT2D eigenvalue weighted by atomic mass is 16.4. The van der Waals surface area contributed by atoms with E-state index in [0.29, 0.717) is 19.4 Å². The van der Waals surface area contributed by atoms with E-state index in [-0.39, 0.29) is 5.91 Å². The molecule has 0 bridgehead atoms. The van der Waals surface area contributed by atoms with Crippen LogP contribution in [0.15, 0.2) is 0 Å². The Morgan fingerprint density at radius 3 is 2.88 bits per heavy atom. The lowest BCUT2D eigenvalue weighted by molar-refractivity contribution is -0.132. The lowest BCUT2D eigenvalue weighted by Gasteiger charge is -2.26. The van der Waals surface area contributed by atoms with Gasteiger partial charge in [-0.1, -0.05) is 19.8 Å². The van der Waals surface area contributed by atoms with E-state index in [0.717, 1.165) is 19.3 Å². The highest BCUT2D eigenvalue weighted by Crippen LogP contribution is 2.19. The summed E-state index contributed by atoms with van der Waals surface area (Å²) in [6.07, 6.45) is 4.05. The molecule has 1 heterocycles. The van der Waals surface area contributed by atoms with Gasteiger partial charge in [-0.25, -0.2) is 0 Å². The Labute approximate surface area is 96.8 Å². The van der Waals surface area contributed by atoms with Crippen molar-refractivity contribution < 1.29 is 14.8 Å². The van der Waals surface area contributed by atoms with E-state index in [1.165, 1.54) is 4.90 Å². The van der Waals surface area contributed by atoms with Gasteiger partial charge in [0.1, 0.15) is 0 Å². The molecule has 1 saturated heterocycles. The van der Waals surface area contributed by atoms with Crippen molar-refractivity contribution in [1.29, 1.82) is 0 Å². The minimum atomic E-state index is -1.45. The molecule has 6 heteroatoms. The predicted molar refractivity (Wildman–Crippen MR) is 62.4 cm³/mol. The van der Waals surface area contributed by atoms with Crippen molar-refractivity contribution in [1.82, 2.24) is 4.90 Å². The minimum absolute atomic E-state index is 0.149. The van der Waals surface area contributed by atoms with Crippen LogP contribution in [0.25, 0.3) is 0 Å². The van der Waals surface area contributed by atoms with E-state index in [4.69, 9.17) is 15.8 Å². The first-order valence-electron chi connectivity index (χ1n) is 6.00. The van der Waals surface area contributed by atoms with Crippen molar-refractivity contribution in [2.45, 2.75) is 51.0 Å². The summed E-state index contributed by atoms with van der Waals surface area (Å²) in [6, 6.07) is -0.501. The molecule has 2 unspecified atom stereocenters. The third-order valence-corrected chi connectivity index (χ3v) is 3.11. The molecule has 4 N–H and O–H groups in total. The summed E-state index contributed by atoms with van der Waals surface area (Å²) in [5.74, 6) is -0.621. The van der Waals surface area contributed by atoms with Gasteiger partial charge in [0.05, 0.1) is 12.0 Å². The third kappa shape index (κ3) is 3.20. The van der Waals surface area contributed by atoms with Gasteiger partial charge in [-0.3, -0.25) is 4.79 Å². The molecule has 0 aliphatic carbocycles. The highest BCUT2D eigenvalue weighted by molar-refractivity contribution is 6.43. The van der Waals surface area contributed by atoms with Gasteiger partial charge in [-0.15, -0.1) is 0 Å². The number of amides is 1. The van der Waals surface area contributed by atoms with E-state index < -0.39 is 19.1 Å². The van der Waals surface area contributed by atoms with Crippen molar-refractivity contribution >= 4 is 13.0 Å². The molecular weight excluding hydrogens is 207 g/mol. The quantitative estimate of drug-likeness (QED) is 0.554. The number of rotatable bonds is 5. The average Bonchev–Trinajstić information content (AvgIpc) is 2.73. The fraction of sp³-hybridized carbons (Fsp3) is 0.900. The molecule has 1 rings (SSSR count). The first-order chi connectivity index (χ1) is 7.57. The summed E-state index contributed by atoms with van der Waals surface area (Å²) >= 11 is 0. The molecule has 1 aliphatic heterocycles. The number of carbonyl (C=O) groups is 1. The summed E-state index contributed by atoms with van der Waals surface area (Å²) in [4.78, 5) is 13.5. The molecule has 16 heavy (non-hydrogen) atoms. The van der Waals surface area contributed by atoms with Crippen LogP contribution >= 0.6 is 0 Å². The van der Waals surface area contributed by atoms with Gasteiger partial charge in [0, 0.05) is 6.54 Å². The fourth-order valence-corrected chi connectivity index (χ4v) is 2.14. The van der Waals surface area contributed by atoms with Gasteiger partial charge in [-0.05, 0) is 19.3 Å². The molecule has 0 radical (unpaired) electrons. The summed E-state index contributed by atoms with van der Waals surface area (Å²) in [5, 5.41) is 18.3. The molecule has 0 aromatic heterocycles. The van der Waals surface area contributed by atoms with Crippen LogP contribution in [0.5, 0.6) is 0 Å². The standard InChI is InChI=1S/C10H21BN2O3/c1-2-3-5-8(12)10(14)13-7-4-6-9(13)11(15)16/h8-9,15-16H,2-7,12H2,1H3. The van der Waals surface area contributed by atoms with Gasteiger partial charge < -0.3 is 20.7 Å². The average molecular weight is 228 g/mol. The summed E-state index contributed by atoms with van der Waals surface area (Å²) in [6.45, 7) is 2.63. The van der Waals surface area contributed by atoms with E-state index in [1.54, 1.807) is 0 Å². The van der Waals surface area contributed by atoms with E-state index >= 15 is 0 Å². The number of likely N-dealkylation sites (tertiary alicyclic amines) is 1. The lowest BCUT2D eigenvalue weighted by Crippen LogP contribution is -2.51. The number of nitrogens with zero attached hydrogens (tertiary/aromatic N) is 1. The van der Waals surface area contributed by atoms with Crippen LogP contribution in [0.4, 0.5) is 0 Å². The van der Waals surface area contributed by atoms with Crippen LogP contribution in [0.3, 0.4) is 0 Å². The lowest BCUT2D eigenvalue weighted by atomic mass is 9.77. The number of hydrogen-bond donors (Lipinski definition) is 3. The van der Waals surface area contributed by atoms with Crippen molar-refractivity contribution in [3.05, 3.63) is 0 Å². The van der Waals surface area contributed by atoms with Crippen LogP contribution in [-0.2, 0) is 4.79 Å². The van der Waals surface area contributed by atoms with E-state index in [2.05, 4.69) is 0 Å². The van der Waals surface area contributed by atoms with Crippen molar-refractivity contribution in [3.8, 4) is 0 Å². The maximum Gasteiger partial charge on any atom is 0.475 e. The first-order valence-corrected chi connectivity index (χ1v) is 6.00. The van der Waals surface area contributed by atoms with Gasteiger partial charge in [0.15, 0.2) is 0 Å². The normalized spacial score (nSPS) is 22.2. The highest BCUT2D eigenvalue weighted by Gasteiger charge is 2.38. The molecule has 1 aliphatic rings. The van der Waals surface area contributed by atoms with Crippen LogP contribution in [0.1, 0.15) is 39.0 Å². The number of carbonyl (C=O) groups excluding carboxylic acids is 1. The molecule has 0 aromatic carbocycles. The molecule has 92 valence electrons. The smallest absolute Gasteiger partial charge is 0.426 e. The maximum atomic E-state index is 11.9. The van der Waals surface area contributed by atoms with E-state index in [9.17, 15) is 4.79 Å². The summed E-state index contributed by atoms with van der Waals surface area (Å²) in [7, 11) is -1.45. The largest absolute Gasteiger partial charge is 0.475 e. The van der Waals surface area contributed by atoms with Crippen molar-refractivity contribution in [2.75, 3.05) is 6.54 Å². The molecule has 2 atom stereocenters. The monoisotopic (exact) mass is 228 g/mol. The second-order valence-electron chi connectivity index (χ2n) is 4.40. The zero-order valence-corrected chi connectivity index (χ0v) is 9.80. The Kier molecular flexibility index (Phi) is 5.24. The maximum absolute atomic E-state index is 11.9. The third-order valence-electron chi connectivity index (χ3n) is 3.11. The van der Waals surface area contributed by atoms with Crippen LogP contribution in [0, 0.1) is 0 Å². The van der Waals surface area contributed by atoms with Crippen molar-refractivity contribution in [3.63, 3.8) is 0 Å². The number of nitrogens with two attached hydrogens (primary N) is 1.